The van der Waals surface area contributed by atoms with Gasteiger partial charge >= 0.3 is 0 Å². The van der Waals surface area contributed by atoms with Crippen LogP contribution >= 0.6 is 0 Å². The summed E-state index contributed by atoms with van der Waals surface area (Å²) in [6, 6.07) is 0. The van der Waals surface area contributed by atoms with Gasteiger partial charge < -0.3 is 4.52 Å². The second kappa shape index (κ2) is 5.71. The van der Waals surface area contributed by atoms with Gasteiger partial charge in [0.1, 0.15) is 12.0 Å². The molecule has 1 rings (SSSR count). The molecule has 0 unspecified atom stereocenters. The summed E-state index contributed by atoms with van der Waals surface area (Å²) in [6.45, 7) is 7.92. The first-order chi connectivity index (χ1) is 5.34. The molecule has 1 aromatic rings. The number of aromatic nitrogens is 1. The van der Waals surface area contributed by atoms with Crippen molar-refractivity contribution in [2.24, 2.45) is 0 Å². The summed E-state index contributed by atoms with van der Waals surface area (Å²) >= 11 is 0. The van der Waals surface area contributed by atoms with E-state index in [-0.39, 0.29) is 0 Å². The molecule has 1 aromatic heterocycles. The molecule has 11 heavy (non-hydrogen) atoms. The van der Waals surface area contributed by atoms with Gasteiger partial charge in [-0.3, -0.25) is 0 Å². The van der Waals surface area contributed by atoms with Crippen LogP contribution < -0.4 is 0 Å². The van der Waals surface area contributed by atoms with Crippen molar-refractivity contribution in [2.75, 3.05) is 0 Å². The van der Waals surface area contributed by atoms with E-state index in [9.17, 15) is 0 Å². The molecule has 0 atom stereocenters. The van der Waals surface area contributed by atoms with Gasteiger partial charge in [-0.15, -0.1) is 0 Å². The average Bonchev–Trinajstić information content (AvgIpc) is 2.42. The van der Waals surface area contributed by atoms with Gasteiger partial charge in [0.2, 0.25) is 0 Å². The number of aryl methyl sites for hydroxylation is 1. The summed E-state index contributed by atoms with van der Waals surface area (Å²) in [5.74, 6) is 0. The summed E-state index contributed by atoms with van der Waals surface area (Å²) in [5, 5.41) is 3.74. The topological polar surface area (TPSA) is 26.0 Å². The standard InChI is InChI=1S/C7H9NO.C2H6/c1-3-4-7-6(2)5-9-8-7;1-2/h3-5H,1-2H3;1-2H3/b4-3-;. The zero-order valence-electron chi connectivity index (χ0n) is 7.59. The molecule has 0 fully saturated rings. The predicted molar refractivity (Wildman–Crippen MR) is 47.3 cm³/mol. The highest BCUT2D eigenvalue weighted by Gasteiger charge is 1.94. The molecule has 0 saturated heterocycles. The molecule has 0 bridgehead atoms. The fraction of sp³-hybridized carbons (Fsp3) is 0.444. The molecule has 1 heterocycles. The molecule has 0 aliphatic rings. The fourth-order valence-electron chi connectivity index (χ4n) is 0.614. The van der Waals surface area contributed by atoms with Crippen LogP contribution in [0.1, 0.15) is 32.0 Å². The van der Waals surface area contributed by atoms with Crippen molar-refractivity contribution >= 4 is 6.08 Å². The monoisotopic (exact) mass is 153 g/mol. The third-order valence-corrected chi connectivity index (χ3v) is 1.11. The maximum absolute atomic E-state index is 4.70. The Morgan fingerprint density at radius 3 is 2.45 bits per heavy atom. The molecule has 0 aromatic carbocycles. The van der Waals surface area contributed by atoms with Crippen molar-refractivity contribution in [2.45, 2.75) is 27.7 Å². The first kappa shape index (κ1) is 9.95. The van der Waals surface area contributed by atoms with Crippen molar-refractivity contribution in [1.29, 1.82) is 0 Å². The maximum atomic E-state index is 4.70. The van der Waals surface area contributed by atoms with Crippen molar-refractivity contribution in [3.05, 3.63) is 23.6 Å². The Morgan fingerprint density at radius 1 is 1.45 bits per heavy atom. The van der Waals surface area contributed by atoms with Gasteiger partial charge in [0.05, 0.1) is 0 Å². The second-order valence-corrected chi connectivity index (χ2v) is 1.88. The van der Waals surface area contributed by atoms with E-state index in [4.69, 9.17) is 4.52 Å². The largest absolute Gasteiger partial charge is 0.364 e. The van der Waals surface area contributed by atoms with E-state index >= 15 is 0 Å². The molecule has 0 spiro atoms. The van der Waals surface area contributed by atoms with Crippen LogP contribution in [0.5, 0.6) is 0 Å². The summed E-state index contributed by atoms with van der Waals surface area (Å²) < 4.78 is 4.70. The summed E-state index contributed by atoms with van der Waals surface area (Å²) in [7, 11) is 0. The normalized spacial score (nSPS) is 9.45. The van der Waals surface area contributed by atoms with E-state index in [2.05, 4.69) is 5.16 Å². The van der Waals surface area contributed by atoms with E-state index in [1.165, 1.54) is 0 Å². The van der Waals surface area contributed by atoms with Crippen LogP contribution in [0.4, 0.5) is 0 Å². The highest BCUT2D eigenvalue weighted by atomic mass is 16.5. The number of hydrogen-bond acceptors (Lipinski definition) is 2. The summed E-state index contributed by atoms with van der Waals surface area (Å²) in [5.41, 5.74) is 1.99. The molecule has 0 aliphatic heterocycles. The average molecular weight is 153 g/mol. The Morgan fingerprint density at radius 2 is 2.09 bits per heavy atom. The molecule has 2 heteroatoms. The van der Waals surface area contributed by atoms with E-state index in [0.29, 0.717) is 0 Å². The lowest BCUT2D eigenvalue weighted by atomic mass is 10.3. The van der Waals surface area contributed by atoms with Crippen molar-refractivity contribution in [3.8, 4) is 0 Å². The highest BCUT2D eigenvalue weighted by Crippen LogP contribution is 2.05. The molecule has 0 amide bonds. The Hall–Kier alpha value is -1.05. The molecule has 0 saturated carbocycles. The zero-order valence-corrected chi connectivity index (χ0v) is 7.59. The highest BCUT2D eigenvalue weighted by molar-refractivity contribution is 5.46. The molecule has 62 valence electrons. The first-order valence-corrected chi connectivity index (χ1v) is 3.88. The number of rotatable bonds is 1. The van der Waals surface area contributed by atoms with Gasteiger partial charge in [0.25, 0.3) is 0 Å². The van der Waals surface area contributed by atoms with Crippen LogP contribution in [0.25, 0.3) is 6.08 Å². The Balaban J connectivity index is 0.000000461. The lowest BCUT2D eigenvalue weighted by Crippen LogP contribution is -1.71. The SMILES string of the molecule is C/C=C\c1nocc1C.CC. The lowest BCUT2D eigenvalue weighted by Gasteiger charge is -1.79. The smallest absolute Gasteiger partial charge is 0.127 e. The lowest BCUT2D eigenvalue weighted by molar-refractivity contribution is 0.418. The molecule has 0 N–H and O–H groups in total. The Kier molecular flexibility index (Phi) is 5.17. The van der Waals surface area contributed by atoms with Gasteiger partial charge in [-0.25, -0.2) is 0 Å². The number of nitrogens with zero attached hydrogens (tertiary/aromatic N) is 1. The summed E-state index contributed by atoms with van der Waals surface area (Å²) in [4.78, 5) is 0. The maximum Gasteiger partial charge on any atom is 0.127 e. The van der Waals surface area contributed by atoms with Crippen molar-refractivity contribution in [3.63, 3.8) is 0 Å². The third-order valence-electron chi connectivity index (χ3n) is 1.11. The minimum absolute atomic E-state index is 0.914. The zero-order chi connectivity index (χ0) is 8.69. The van der Waals surface area contributed by atoms with Gasteiger partial charge in [0.15, 0.2) is 0 Å². The minimum atomic E-state index is 0.914. The number of allylic oxidation sites excluding steroid dienone is 1. The second-order valence-electron chi connectivity index (χ2n) is 1.88. The van der Waals surface area contributed by atoms with Gasteiger partial charge in [-0.1, -0.05) is 25.1 Å². The Labute approximate surface area is 67.9 Å². The fourth-order valence-corrected chi connectivity index (χ4v) is 0.614. The van der Waals surface area contributed by atoms with Gasteiger partial charge in [0, 0.05) is 5.56 Å². The first-order valence-electron chi connectivity index (χ1n) is 3.88. The van der Waals surface area contributed by atoms with Crippen molar-refractivity contribution in [1.82, 2.24) is 5.16 Å². The third kappa shape index (κ3) is 3.03. The predicted octanol–water partition coefficient (Wildman–Crippen LogP) is 3.04. The molecular weight excluding hydrogens is 138 g/mol. The van der Waals surface area contributed by atoms with E-state index in [1.807, 2.05) is 39.8 Å². The number of hydrogen-bond donors (Lipinski definition) is 0. The van der Waals surface area contributed by atoms with Crippen LogP contribution in [0.15, 0.2) is 16.9 Å². The van der Waals surface area contributed by atoms with Crippen molar-refractivity contribution < 1.29 is 4.52 Å². The molecule has 0 aliphatic carbocycles. The van der Waals surface area contributed by atoms with Crippen LogP contribution in [0.3, 0.4) is 0 Å². The van der Waals surface area contributed by atoms with E-state index < -0.39 is 0 Å². The molecule has 2 nitrogen and oxygen atoms in total. The quantitative estimate of drug-likeness (QED) is 0.619. The summed E-state index contributed by atoms with van der Waals surface area (Å²) in [6.07, 6.45) is 5.49. The molecule has 0 radical (unpaired) electrons. The molecular formula is C9H15NO. The van der Waals surface area contributed by atoms with Gasteiger partial charge in [-0.05, 0) is 19.9 Å². The van der Waals surface area contributed by atoms with Crippen LogP contribution in [-0.4, -0.2) is 5.16 Å². The minimum Gasteiger partial charge on any atom is -0.364 e. The van der Waals surface area contributed by atoms with Crippen LogP contribution in [0.2, 0.25) is 0 Å². The van der Waals surface area contributed by atoms with Gasteiger partial charge in [-0.2, -0.15) is 0 Å². The van der Waals surface area contributed by atoms with Crippen LogP contribution in [0, 0.1) is 6.92 Å². The van der Waals surface area contributed by atoms with E-state index in [1.54, 1.807) is 6.26 Å². The van der Waals surface area contributed by atoms with E-state index in [0.717, 1.165) is 11.3 Å². The van der Waals surface area contributed by atoms with Crippen LogP contribution in [-0.2, 0) is 0 Å². The Bertz CT molecular complexity index is 213.